The molecule has 3 N–H and O–H groups in total. The number of aromatic hydroxyl groups is 1. The number of aliphatic hydroxyl groups excluding tert-OH is 2. The van der Waals surface area contributed by atoms with E-state index in [1.54, 1.807) is 0 Å². The Hall–Kier alpha value is -1.92. The van der Waals surface area contributed by atoms with E-state index in [0.717, 1.165) is 7.11 Å². The van der Waals surface area contributed by atoms with Crippen molar-refractivity contribution in [3.8, 4) is 5.75 Å². The molecule has 0 saturated heterocycles. The molecule has 0 radical (unpaired) electrons. The number of carbonyl (C=O) groups excluding carboxylic acids is 2. The van der Waals surface area contributed by atoms with Crippen molar-refractivity contribution in [2.24, 2.45) is 0 Å². The molecule has 0 aliphatic carbocycles. The molecule has 2 atom stereocenters. The van der Waals surface area contributed by atoms with Crippen molar-refractivity contribution >= 4 is 11.8 Å². The zero-order valence-electron chi connectivity index (χ0n) is 9.95. The third-order valence-corrected chi connectivity index (χ3v) is 2.48. The van der Waals surface area contributed by atoms with Gasteiger partial charge in [-0.3, -0.25) is 4.79 Å². The van der Waals surface area contributed by atoms with Gasteiger partial charge < -0.3 is 20.1 Å². The van der Waals surface area contributed by atoms with Crippen LogP contribution in [0.2, 0.25) is 0 Å². The highest BCUT2D eigenvalue weighted by Crippen LogP contribution is 2.25. The van der Waals surface area contributed by atoms with Crippen molar-refractivity contribution in [2.75, 3.05) is 7.11 Å². The number of methoxy groups -OCH3 is 1. The van der Waals surface area contributed by atoms with E-state index in [4.69, 9.17) is 0 Å². The number of carbonyl (C=O) groups is 2. The maximum absolute atomic E-state index is 11.2. The number of phenols is 1. The number of hydrogen-bond acceptors (Lipinski definition) is 6. The van der Waals surface area contributed by atoms with Gasteiger partial charge in [-0.15, -0.1) is 0 Å². The molecule has 98 valence electrons. The van der Waals surface area contributed by atoms with E-state index in [-0.39, 0.29) is 16.9 Å². The van der Waals surface area contributed by atoms with Gasteiger partial charge in [0.2, 0.25) is 0 Å². The van der Waals surface area contributed by atoms with Crippen LogP contribution >= 0.6 is 0 Å². The molecule has 0 fully saturated rings. The summed E-state index contributed by atoms with van der Waals surface area (Å²) in [5, 5.41) is 28.6. The number of esters is 1. The molecular formula is C12H14O6. The van der Waals surface area contributed by atoms with Crippen molar-refractivity contribution in [3.05, 3.63) is 29.3 Å². The third kappa shape index (κ3) is 2.85. The highest BCUT2D eigenvalue weighted by Gasteiger charge is 2.27. The van der Waals surface area contributed by atoms with Crippen molar-refractivity contribution in [3.63, 3.8) is 0 Å². The summed E-state index contributed by atoms with van der Waals surface area (Å²) < 4.78 is 4.29. The Labute approximate surface area is 103 Å². The molecule has 0 aliphatic heterocycles. The Morgan fingerprint density at radius 2 is 1.89 bits per heavy atom. The molecule has 0 saturated carbocycles. The maximum Gasteiger partial charge on any atom is 0.337 e. The van der Waals surface area contributed by atoms with Gasteiger partial charge in [-0.05, 0) is 24.6 Å². The first-order valence-corrected chi connectivity index (χ1v) is 5.16. The average molecular weight is 254 g/mol. The van der Waals surface area contributed by atoms with Crippen molar-refractivity contribution in [2.45, 2.75) is 19.1 Å². The van der Waals surface area contributed by atoms with Crippen molar-refractivity contribution in [1.82, 2.24) is 0 Å². The highest BCUT2D eigenvalue weighted by atomic mass is 16.5. The summed E-state index contributed by atoms with van der Waals surface area (Å²) in [5.74, 6) is -1.61. The minimum absolute atomic E-state index is 0.00335. The quantitative estimate of drug-likeness (QED) is 0.522. The number of ether oxygens (including phenoxy) is 1. The predicted octanol–water partition coefficient (Wildman–Crippen LogP) is 0.162. The lowest BCUT2D eigenvalue weighted by Gasteiger charge is -2.16. The fraction of sp³-hybridized carbons (Fsp3) is 0.333. The number of rotatable bonds is 4. The van der Waals surface area contributed by atoms with E-state index in [1.165, 1.54) is 25.1 Å². The van der Waals surface area contributed by atoms with Gasteiger partial charge in [0.25, 0.3) is 0 Å². The van der Waals surface area contributed by atoms with Crippen LogP contribution in [-0.4, -0.2) is 40.3 Å². The fourth-order valence-corrected chi connectivity index (χ4v) is 1.45. The fourth-order valence-electron chi connectivity index (χ4n) is 1.45. The van der Waals surface area contributed by atoms with Crippen LogP contribution in [0.4, 0.5) is 0 Å². The highest BCUT2D eigenvalue weighted by molar-refractivity contribution is 5.96. The first-order chi connectivity index (χ1) is 8.38. The Kier molecular flexibility index (Phi) is 4.41. The molecule has 18 heavy (non-hydrogen) atoms. The van der Waals surface area contributed by atoms with Crippen LogP contribution in [0.1, 0.15) is 28.9 Å². The lowest BCUT2D eigenvalue weighted by Crippen LogP contribution is -2.29. The van der Waals surface area contributed by atoms with E-state index >= 15 is 0 Å². The van der Waals surface area contributed by atoms with Crippen molar-refractivity contribution < 1.29 is 29.6 Å². The van der Waals surface area contributed by atoms with Gasteiger partial charge in [-0.2, -0.15) is 0 Å². The summed E-state index contributed by atoms with van der Waals surface area (Å²) >= 11 is 0. The van der Waals surface area contributed by atoms with Crippen LogP contribution in [-0.2, 0) is 9.53 Å². The molecule has 1 rings (SSSR count). The van der Waals surface area contributed by atoms with E-state index < -0.39 is 24.0 Å². The van der Waals surface area contributed by atoms with Gasteiger partial charge >= 0.3 is 5.97 Å². The molecule has 1 aromatic carbocycles. The first-order valence-electron chi connectivity index (χ1n) is 5.16. The van der Waals surface area contributed by atoms with E-state index in [1.807, 2.05) is 0 Å². The second kappa shape index (κ2) is 5.61. The minimum Gasteiger partial charge on any atom is -0.507 e. The van der Waals surface area contributed by atoms with Gasteiger partial charge in [0.05, 0.1) is 12.7 Å². The van der Waals surface area contributed by atoms with Gasteiger partial charge in [0.1, 0.15) is 11.9 Å². The monoisotopic (exact) mass is 254 g/mol. The van der Waals surface area contributed by atoms with Crippen LogP contribution in [0.15, 0.2) is 18.2 Å². The smallest absolute Gasteiger partial charge is 0.337 e. The van der Waals surface area contributed by atoms with Gasteiger partial charge in [0.15, 0.2) is 11.9 Å². The molecule has 1 aromatic rings. The van der Waals surface area contributed by atoms with Gasteiger partial charge in [-0.25, -0.2) is 4.79 Å². The standard InChI is InChI=1S/C12H14O6/c1-6(13)8-5-7(3-4-9(8)14)10(15)11(16)12(17)18-2/h3-5,10-11,14-16H,1-2H3. The largest absolute Gasteiger partial charge is 0.507 e. The lowest BCUT2D eigenvalue weighted by atomic mass is 10.00. The molecular weight excluding hydrogens is 240 g/mol. The number of ketones is 1. The normalized spacial score (nSPS) is 13.8. The second-order valence-electron chi connectivity index (χ2n) is 3.75. The SMILES string of the molecule is COC(=O)C(O)C(O)c1ccc(O)c(C(C)=O)c1. The van der Waals surface area contributed by atoms with Crippen LogP contribution in [0.25, 0.3) is 0 Å². The van der Waals surface area contributed by atoms with E-state index in [2.05, 4.69) is 4.74 Å². The number of benzene rings is 1. The van der Waals surface area contributed by atoms with Gasteiger partial charge in [-0.1, -0.05) is 6.07 Å². The Balaban J connectivity index is 3.07. The topological polar surface area (TPSA) is 104 Å². The molecule has 6 nitrogen and oxygen atoms in total. The summed E-state index contributed by atoms with van der Waals surface area (Å²) in [6, 6.07) is 3.73. The molecule has 0 bridgehead atoms. The summed E-state index contributed by atoms with van der Waals surface area (Å²) in [5.41, 5.74) is 0.138. The second-order valence-corrected chi connectivity index (χ2v) is 3.75. The number of hydrogen-bond donors (Lipinski definition) is 3. The summed E-state index contributed by atoms with van der Waals surface area (Å²) in [6.07, 6.45) is -3.28. The van der Waals surface area contributed by atoms with Crippen LogP contribution in [0, 0.1) is 0 Å². The van der Waals surface area contributed by atoms with Crippen LogP contribution < -0.4 is 0 Å². The maximum atomic E-state index is 11.2. The summed E-state index contributed by atoms with van der Waals surface area (Å²) in [6.45, 7) is 1.25. The number of Topliss-reactive ketones (excluding diaryl/α,β-unsaturated/α-hetero) is 1. The van der Waals surface area contributed by atoms with E-state index in [0.29, 0.717) is 0 Å². The molecule has 2 unspecified atom stereocenters. The Bertz CT molecular complexity index is 468. The zero-order valence-corrected chi connectivity index (χ0v) is 9.95. The van der Waals surface area contributed by atoms with Crippen molar-refractivity contribution in [1.29, 1.82) is 0 Å². The lowest BCUT2D eigenvalue weighted by molar-refractivity contribution is -0.156. The molecule has 6 heteroatoms. The number of aliphatic hydroxyl groups is 2. The molecule has 0 spiro atoms. The zero-order chi connectivity index (χ0) is 13.9. The average Bonchev–Trinajstić information content (AvgIpc) is 2.36. The van der Waals surface area contributed by atoms with Gasteiger partial charge in [0, 0.05) is 0 Å². The third-order valence-electron chi connectivity index (χ3n) is 2.48. The summed E-state index contributed by atoms with van der Waals surface area (Å²) in [4.78, 5) is 22.3. The molecule has 0 heterocycles. The summed E-state index contributed by atoms with van der Waals surface area (Å²) in [7, 11) is 1.08. The van der Waals surface area contributed by atoms with E-state index in [9.17, 15) is 24.9 Å². The first kappa shape index (κ1) is 14.1. The van der Waals surface area contributed by atoms with Crippen LogP contribution in [0.3, 0.4) is 0 Å². The molecule has 0 amide bonds. The molecule has 0 aromatic heterocycles. The number of phenolic OH excluding ortho intramolecular Hbond substituents is 1. The Morgan fingerprint density at radius 1 is 1.28 bits per heavy atom. The predicted molar refractivity (Wildman–Crippen MR) is 61.1 cm³/mol. The van der Waals surface area contributed by atoms with Crippen LogP contribution in [0.5, 0.6) is 5.75 Å². The minimum atomic E-state index is -1.75. The Morgan fingerprint density at radius 3 is 2.39 bits per heavy atom. The molecule has 0 aliphatic rings.